The number of esters is 1. The van der Waals surface area contributed by atoms with Crippen molar-refractivity contribution >= 4 is 11.8 Å². The average molecular weight is 287 g/mol. The van der Waals surface area contributed by atoms with Gasteiger partial charge in [-0.1, -0.05) is 30.3 Å². The molecule has 4 nitrogen and oxygen atoms in total. The van der Waals surface area contributed by atoms with Crippen LogP contribution in [0.3, 0.4) is 0 Å². The molecule has 0 amide bonds. The Morgan fingerprint density at radius 1 is 1.19 bits per heavy atom. The van der Waals surface area contributed by atoms with Gasteiger partial charge in [0.15, 0.2) is 5.41 Å². The molecule has 0 aliphatic carbocycles. The Bertz CT molecular complexity index is 552. The molecule has 0 bridgehead atoms. The van der Waals surface area contributed by atoms with Crippen molar-refractivity contribution < 1.29 is 14.3 Å². The number of carbonyl (C=O) groups is 2. The van der Waals surface area contributed by atoms with Crippen molar-refractivity contribution in [3.05, 3.63) is 35.9 Å². The quantitative estimate of drug-likeness (QED) is 0.780. The predicted molar refractivity (Wildman–Crippen MR) is 79.5 cm³/mol. The van der Waals surface area contributed by atoms with Crippen LogP contribution in [0.25, 0.3) is 0 Å². The lowest BCUT2D eigenvalue weighted by molar-refractivity contribution is -0.160. The van der Waals surface area contributed by atoms with Crippen LogP contribution in [0.2, 0.25) is 0 Å². The van der Waals surface area contributed by atoms with Gasteiger partial charge in [-0.15, -0.1) is 0 Å². The fraction of sp³-hybridized carbons (Fsp3) is 0.471. The van der Waals surface area contributed by atoms with E-state index in [1.807, 2.05) is 6.07 Å². The average Bonchev–Trinajstić information content (AvgIpc) is 2.39. The van der Waals surface area contributed by atoms with Crippen LogP contribution >= 0.6 is 0 Å². The van der Waals surface area contributed by atoms with E-state index in [0.717, 1.165) is 0 Å². The van der Waals surface area contributed by atoms with Gasteiger partial charge >= 0.3 is 5.97 Å². The van der Waals surface area contributed by atoms with Crippen molar-refractivity contribution in [2.24, 2.45) is 0 Å². The van der Waals surface area contributed by atoms with Crippen molar-refractivity contribution in [1.29, 1.82) is 5.26 Å². The first-order chi connectivity index (χ1) is 9.71. The summed E-state index contributed by atoms with van der Waals surface area (Å²) in [4.78, 5) is 23.9. The zero-order valence-electron chi connectivity index (χ0n) is 13.0. The number of nitriles is 1. The molecule has 4 heteroatoms. The smallest absolute Gasteiger partial charge is 0.331 e. The number of ether oxygens (including phenoxy) is 1. The fourth-order valence-electron chi connectivity index (χ4n) is 1.98. The van der Waals surface area contributed by atoms with Crippen LogP contribution in [0.5, 0.6) is 0 Å². The summed E-state index contributed by atoms with van der Waals surface area (Å²) in [5.74, 6) is -0.668. The number of carbonyl (C=O) groups excluding carboxylic acids is 2. The van der Waals surface area contributed by atoms with E-state index in [-0.39, 0.29) is 18.6 Å². The van der Waals surface area contributed by atoms with Crippen molar-refractivity contribution in [3.63, 3.8) is 0 Å². The molecule has 0 aliphatic rings. The van der Waals surface area contributed by atoms with Crippen LogP contribution in [0.15, 0.2) is 30.3 Å². The summed E-state index contributed by atoms with van der Waals surface area (Å²) in [6.45, 7) is 6.71. The summed E-state index contributed by atoms with van der Waals surface area (Å²) < 4.78 is 5.41. The molecule has 1 atom stereocenters. The number of hydrogen-bond acceptors (Lipinski definition) is 4. The van der Waals surface area contributed by atoms with Gasteiger partial charge in [-0.3, -0.25) is 0 Å². The lowest BCUT2D eigenvalue weighted by atomic mass is 9.77. The minimum absolute atomic E-state index is 0.0610. The summed E-state index contributed by atoms with van der Waals surface area (Å²) in [5, 5.41) is 9.65. The zero-order valence-corrected chi connectivity index (χ0v) is 13.0. The number of Topliss-reactive ketones (excluding diaryl/α,β-unsaturated/α-hetero) is 1. The van der Waals surface area contributed by atoms with E-state index >= 15 is 0 Å². The van der Waals surface area contributed by atoms with E-state index in [4.69, 9.17) is 4.74 Å². The minimum Gasteiger partial charge on any atom is -0.459 e. The summed E-state index contributed by atoms with van der Waals surface area (Å²) in [6.07, 6.45) is 0.277. The molecule has 1 aromatic rings. The second kappa shape index (κ2) is 6.53. The fourth-order valence-corrected chi connectivity index (χ4v) is 1.98. The summed E-state index contributed by atoms with van der Waals surface area (Å²) in [6, 6.07) is 10.9. The van der Waals surface area contributed by atoms with Crippen molar-refractivity contribution in [2.75, 3.05) is 0 Å². The number of hydrogen-bond donors (Lipinski definition) is 0. The van der Waals surface area contributed by atoms with Gasteiger partial charge < -0.3 is 9.53 Å². The molecule has 0 aromatic heterocycles. The number of ketones is 1. The molecular formula is C17H21NO3. The Balaban J connectivity index is 3.24. The molecule has 21 heavy (non-hydrogen) atoms. The van der Waals surface area contributed by atoms with Crippen LogP contribution in [0, 0.1) is 11.3 Å². The molecule has 0 spiro atoms. The highest BCUT2D eigenvalue weighted by Crippen LogP contribution is 2.32. The maximum atomic E-state index is 12.6. The van der Waals surface area contributed by atoms with E-state index in [2.05, 4.69) is 6.07 Å². The van der Waals surface area contributed by atoms with Crippen LogP contribution in [0.1, 0.15) is 46.1 Å². The highest BCUT2D eigenvalue weighted by atomic mass is 16.6. The SMILES string of the molecule is CC(=O)CC[C@](C#N)(C(=O)OC(C)(C)C)c1ccccc1. The third kappa shape index (κ3) is 4.42. The molecule has 1 aromatic carbocycles. The molecule has 0 N–H and O–H groups in total. The Kier molecular flexibility index (Phi) is 5.26. The number of nitrogens with zero attached hydrogens (tertiary/aromatic N) is 1. The van der Waals surface area contributed by atoms with Crippen molar-refractivity contribution in [1.82, 2.24) is 0 Å². The Morgan fingerprint density at radius 3 is 2.19 bits per heavy atom. The molecule has 0 unspecified atom stereocenters. The molecule has 0 saturated carbocycles. The molecular weight excluding hydrogens is 266 g/mol. The van der Waals surface area contributed by atoms with Crippen LogP contribution in [0.4, 0.5) is 0 Å². The van der Waals surface area contributed by atoms with Gasteiger partial charge in [0.05, 0.1) is 6.07 Å². The zero-order chi connectivity index (χ0) is 16.1. The summed E-state index contributed by atoms with van der Waals surface area (Å²) >= 11 is 0. The molecule has 0 saturated heterocycles. The first-order valence-corrected chi connectivity index (χ1v) is 6.91. The highest BCUT2D eigenvalue weighted by Gasteiger charge is 2.43. The number of benzene rings is 1. The lowest BCUT2D eigenvalue weighted by Crippen LogP contribution is -2.40. The second-order valence-electron chi connectivity index (χ2n) is 6.09. The van der Waals surface area contributed by atoms with E-state index in [0.29, 0.717) is 5.56 Å². The molecule has 0 aliphatic heterocycles. The predicted octanol–water partition coefficient (Wildman–Crippen LogP) is 3.16. The third-order valence-corrected chi connectivity index (χ3v) is 3.06. The van der Waals surface area contributed by atoms with Crippen molar-refractivity contribution in [3.8, 4) is 6.07 Å². The van der Waals surface area contributed by atoms with E-state index < -0.39 is 17.0 Å². The number of rotatable bonds is 5. The normalized spacial score (nSPS) is 13.9. The molecule has 112 valence electrons. The van der Waals surface area contributed by atoms with Crippen LogP contribution < -0.4 is 0 Å². The first kappa shape index (κ1) is 16.9. The monoisotopic (exact) mass is 287 g/mol. The first-order valence-electron chi connectivity index (χ1n) is 6.91. The van der Waals surface area contributed by atoms with Gasteiger partial charge in [0, 0.05) is 6.42 Å². The summed E-state index contributed by atoms with van der Waals surface area (Å²) in [7, 11) is 0. The van der Waals surface area contributed by atoms with Crippen LogP contribution in [-0.4, -0.2) is 17.4 Å². The van der Waals surface area contributed by atoms with E-state index in [9.17, 15) is 14.9 Å². The maximum Gasteiger partial charge on any atom is 0.331 e. The third-order valence-electron chi connectivity index (χ3n) is 3.06. The Labute approximate surface area is 125 Å². The lowest BCUT2D eigenvalue weighted by Gasteiger charge is -2.29. The van der Waals surface area contributed by atoms with Gasteiger partial charge in [-0.05, 0) is 39.7 Å². The topological polar surface area (TPSA) is 67.2 Å². The van der Waals surface area contributed by atoms with Gasteiger partial charge in [-0.25, -0.2) is 4.79 Å². The highest BCUT2D eigenvalue weighted by molar-refractivity contribution is 5.88. The van der Waals surface area contributed by atoms with Gasteiger partial charge in [0.1, 0.15) is 11.4 Å². The largest absolute Gasteiger partial charge is 0.459 e. The molecule has 0 fully saturated rings. The van der Waals surface area contributed by atoms with Crippen LogP contribution in [-0.2, 0) is 19.7 Å². The summed E-state index contributed by atoms with van der Waals surface area (Å²) in [5.41, 5.74) is -1.58. The Morgan fingerprint density at radius 2 is 1.76 bits per heavy atom. The molecule has 0 radical (unpaired) electrons. The van der Waals surface area contributed by atoms with E-state index in [1.54, 1.807) is 45.0 Å². The van der Waals surface area contributed by atoms with E-state index in [1.165, 1.54) is 6.92 Å². The minimum atomic E-state index is -1.44. The molecule has 0 heterocycles. The molecule has 1 rings (SSSR count). The van der Waals surface area contributed by atoms with Gasteiger partial charge in [0.25, 0.3) is 0 Å². The standard InChI is InChI=1S/C17H21NO3/c1-13(19)10-11-17(12-18,14-8-6-5-7-9-14)15(20)21-16(2,3)4/h5-9H,10-11H2,1-4H3/t17-/m1/s1. The van der Waals surface area contributed by atoms with Gasteiger partial charge in [-0.2, -0.15) is 5.26 Å². The van der Waals surface area contributed by atoms with Gasteiger partial charge in [0.2, 0.25) is 0 Å². The maximum absolute atomic E-state index is 12.6. The van der Waals surface area contributed by atoms with Crippen molar-refractivity contribution in [2.45, 2.75) is 51.6 Å². The Hall–Kier alpha value is -2.15. The second-order valence-corrected chi connectivity index (χ2v) is 6.09.